The maximum Gasteiger partial charge on any atom is 0.211 e. The van der Waals surface area contributed by atoms with Crippen LogP contribution in [-0.4, -0.2) is 25.5 Å². The normalized spacial score (nSPS) is 22.5. The van der Waals surface area contributed by atoms with Crippen molar-refractivity contribution in [3.63, 3.8) is 0 Å². The molecule has 0 unspecified atom stereocenters. The van der Waals surface area contributed by atoms with Crippen LogP contribution in [0, 0.1) is 5.82 Å². The Bertz CT molecular complexity index is 487. The zero-order chi connectivity index (χ0) is 11.8. The summed E-state index contributed by atoms with van der Waals surface area (Å²) in [6, 6.07) is 5.96. The summed E-state index contributed by atoms with van der Waals surface area (Å²) >= 11 is 0. The maximum absolute atomic E-state index is 13.1. The van der Waals surface area contributed by atoms with Gasteiger partial charge in [-0.3, -0.25) is 0 Å². The highest BCUT2D eigenvalue weighted by molar-refractivity contribution is 7.88. The predicted molar refractivity (Wildman–Crippen MR) is 59.9 cm³/mol. The molecule has 1 fully saturated rings. The second-order valence-electron chi connectivity index (χ2n) is 4.09. The van der Waals surface area contributed by atoms with Gasteiger partial charge in [0.25, 0.3) is 0 Å². The SMILES string of the molecule is CS(=O)(=O)N1CCC[C@@H]1c1cccc(F)c1. The van der Waals surface area contributed by atoms with Crippen molar-refractivity contribution in [2.75, 3.05) is 12.8 Å². The molecule has 1 aliphatic heterocycles. The molecule has 0 aliphatic carbocycles. The summed E-state index contributed by atoms with van der Waals surface area (Å²) in [7, 11) is -3.20. The molecule has 3 nitrogen and oxygen atoms in total. The molecule has 0 bridgehead atoms. The second-order valence-corrected chi connectivity index (χ2v) is 6.02. The van der Waals surface area contributed by atoms with Gasteiger partial charge in [-0.15, -0.1) is 0 Å². The van der Waals surface area contributed by atoms with Gasteiger partial charge >= 0.3 is 0 Å². The molecule has 1 aromatic rings. The molecule has 0 saturated carbocycles. The Labute approximate surface area is 94.9 Å². The van der Waals surface area contributed by atoms with Crippen molar-refractivity contribution in [1.82, 2.24) is 4.31 Å². The van der Waals surface area contributed by atoms with Crippen LogP contribution in [0.2, 0.25) is 0 Å². The number of hydrogen-bond donors (Lipinski definition) is 0. The lowest BCUT2D eigenvalue weighted by Gasteiger charge is -2.22. The lowest BCUT2D eigenvalue weighted by molar-refractivity contribution is 0.399. The van der Waals surface area contributed by atoms with Gasteiger partial charge in [-0.1, -0.05) is 12.1 Å². The van der Waals surface area contributed by atoms with Gasteiger partial charge in [-0.05, 0) is 30.5 Å². The van der Waals surface area contributed by atoms with Gasteiger partial charge in [-0.25, -0.2) is 12.8 Å². The number of nitrogens with zero attached hydrogens (tertiary/aromatic N) is 1. The highest BCUT2D eigenvalue weighted by Crippen LogP contribution is 2.33. The van der Waals surface area contributed by atoms with Crippen LogP contribution in [0.4, 0.5) is 4.39 Å². The molecule has 0 spiro atoms. The van der Waals surface area contributed by atoms with E-state index in [0.717, 1.165) is 18.4 Å². The zero-order valence-corrected chi connectivity index (χ0v) is 9.87. The fourth-order valence-corrected chi connectivity index (χ4v) is 3.33. The van der Waals surface area contributed by atoms with Gasteiger partial charge in [0, 0.05) is 12.6 Å². The molecule has 1 aliphatic rings. The Morgan fingerprint density at radius 2 is 2.19 bits per heavy atom. The van der Waals surface area contributed by atoms with E-state index in [1.807, 2.05) is 0 Å². The molecule has 1 atom stereocenters. The molecule has 16 heavy (non-hydrogen) atoms. The largest absolute Gasteiger partial charge is 0.212 e. The van der Waals surface area contributed by atoms with E-state index in [4.69, 9.17) is 0 Å². The molecule has 1 aromatic carbocycles. The fraction of sp³-hybridized carbons (Fsp3) is 0.455. The number of sulfonamides is 1. The summed E-state index contributed by atoms with van der Waals surface area (Å²) in [6.07, 6.45) is 2.79. The average molecular weight is 243 g/mol. The van der Waals surface area contributed by atoms with Crippen LogP contribution in [0.5, 0.6) is 0 Å². The molecular formula is C11H14FNO2S. The molecule has 0 N–H and O–H groups in total. The van der Waals surface area contributed by atoms with E-state index in [2.05, 4.69) is 0 Å². The summed E-state index contributed by atoms with van der Waals surface area (Å²) in [5, 5.41) is 0. The van der Waals surface area contributed by atoms with Gasteiger partial charge in [0.15, 0.2) is 0 Å². The second kappa shape index (κ2) is 4.14. The van der Waals surface area contributed by atoms with Crippen molar-refractivity contribution >= 4 is 10.0 Å². The standard InChI is InChI=1S/C11H14FNO2S/c1-16(14,15)13-7-3-6-11(13)9-4-2-5-10(12)8-9/h2,4-5,8,11H,3,6-7H2,1H3/t11-/m1/s1. The summed E-state index contributed by atoms with van der Waals surface area (Å²) in [6.45, 7) is 0.528. The van der Waals surface area contributed by atoms with Crippen LogP contribution in [0.1, 0.15) is 24.4 Å². The quantitative estimate of drug-likeness (QED) is 0.796. The van der Waals surface area contributed by atoms with Crippen molar-refractivity contribution in [3.05, 3.63) is 35.6 Å². The Morgan fingerprint density at radius 1 is 1.44 bits per heavy atom. The van der Waals surface area contributed by atoms with Crippen molar-refractivity contribution in [2.24, 2.45) is 0 Å². The van der Waals surface area contributed by atoms with Gasteiger partial charge in [0.05, 0.1) is 6.26 Å². The monoisotopic (exact) mass is 243 g/mol. The van der Waals surface area contributed by atoms with Gasteiger partial charge in [0.2, 0.25) is 10.0 Å². The van der Waals surface area contributed by atoms with Crippen LogP contribution >= 0.6 is 0 Å². The minimum atomic E-state index is -3.20. The number of hydrogen-bond acceptors (Lipinski definition) is 2. The number of halogens is 1. The zero-order valence-electron chi connectivity index (χ0n) is 9.06. The summed E-state index contributed by atoms with van der Waals surface area (Å²) < 4.78 is 37.6. The van der Waals surface area contributed by atoms with E-state index < -0.39 is 10.0 Å². The van der Waals surface area contributed by atoms with Gasteiger partial charge in [0.1, 0.15) is 5.82 Å². The van der Waals surface area contributed by atoms with E-state index in [1.54, 1.807) is 12.1 Å². The van der Waals surface area contributed by atoms with Crippen molar-refractivity contribution in [3.8, 4) is 0 Å². The molecule has 2 rings (SSSR count). The highest BCUT2D eigenvalue weighted by Gasteiger charge is 2.32. The summed E-state index contributed by atoms with van der Waals surface area (Å²) in [4.78, 5) is 0. The van der Waals surface area contributed by atoms with Crippen molar-refractivity contribution in [2.45, 2.75) is 18.9 Å². The van der Waals surface area contributed by atoms with Crippen LogP contribution in [0.25, 0.3) is 0 Å². The fourth-order valence-electron chi connectivity index (χ4n) is 2.18. The van der Waals surface area contributed by atoms with E-state index in [-0.39, 0.29) is 11.9 Å². The first kappa shape index (κ1) is 11.5. The van der Waals surface area contributed by atoms with Crippen LogP contribution in [0.15, 0.2) is 24.3 Å². The lowest BCUT2D eigenvalue weighted by atomic mass is 10.1. The molecule has 0 radical (unpaired) electrons. The third-order valence-electron chi connectivity index (χ3n) is 2.86. The first-order valence-corrected chi connectivity index (χ1v) is 7.05. The first-order chi connectivity index (χ1) is 7.48. The predicted octanol–water partition coefficient (Wildman–Crippen LogP) is 1.92. The summed E-state index contributed by atoms with van der Waals surface area (Å²) in [5.41, 5.74) is 0.739. The van der Waals surface area contributed by atoms with E-state index in [9.17, 15) is 12.8 Å². The maximum atomic E-state index is 13.1. The number of rotatable bonds is 2. The van der Waals surface area contributed by atoms with Crippen molar-refractivity contribution in [1.29, 1.82) is 0 Å². The van der Waals surface area contributed by atoms with Crippen molar-refractivity contribution < 1.29 is 12.8 Å². The average Bonchev–Trinajstić information content (AvgIpc) is 2.65. The minimum absolute atomic E-state index is 0.203. The molecule has 88 valence electrons. The Balaban J connectivity index is 2.34. The lowest BCUT2D eigenvalue weighted by Crippen LogP contribution is -2.29. The Kier molecular flexibility index (Phi) is 2.99. The Hall–Kier alpha value is -0.940. The molecule has 0 aromatic heterocycles. The molecule has 1 heterocycles. The third kappa shape index (κ3) is 2.25. The van der Waals surface area contributed by atoms with E-state index in [1.165, 1.54) is 22.7 Å². The van der Waals surface area contributed by atoms with Crippen LogP contribution in [0.3, 0.4) is 0 Å². The minimum Gasteiger partial charge on any atom is -0.212 e. The third-order valence-corrected chi connectivity index (χ3v) is 4.15. The molecular weight excluding hydrogens is 229 g/mol. The van der Waals surface area contributed by atoms with E-state index in [0.29, 0.717) is 6.54 Å². The highest BCUT2D eigenvalue weighted by atomic mass is 32.2. The topological polar surface area (TPSA) is 37.4 Å². The van der Waals surface area contributed by atoms with E-state index >= 15 is 0 Å². The van der Waals surface area contributed by atoms with Gasteiger partial charge < -0.3 is 0 Å². The van der Waals surface area contributed by atoms with Gasteiger partial charge in [-0.2, -0.15) is 4.31 Å². The van der Waals surface area contributed by atoms with Crippen LogP contribution in [-0.2, 0) is 10.0 Å². The first-order valence-electron chi connectivity index (χ1n) is 5.21. The smallest absolute Gasteiger partial charge is 0.211 e. The molecule has 0 amide bonds. The Morgan fingerprint density at radius 3 is 2.81 bits per heavy atom. The van der Waals surface area contributed by atoms with Crippen LogP contribution < -0.4 is 0 Å². The summed E-state index contributed by atoms with van der Waals surface area (Å²) in [5.74, 6) is -0.321. The number of benzene rings is 1. The molecule has 5 heteroatoms. The molecule has 1 saturated heterocycles.